The monoisotopic (exact) mass is 251 g/mol. The van der Waals surface area contributed by atoms with E-state index in [0.29, 0.717) is 17.4 Å². The number of aromatic nitrogens is 2. The standard InChI is InChI=1S/C13H21N3O2/c1-9(2)17-12-11(14)13(16-8-15-12)18-10-6-4-3-5-7-10/h8-10H,3-7,14H2,1-2H3. The normalized spacial score (nSPS) is 16.8. The van der Waals surface area contributed by atoms with Gasteiger partial charge in [-0.3, -0.25) is 0 Å². The van der Waals surface area contributed by atoms with Crippen LogP contribution in [0.2, 0.25) is 0 Å². The van der Waals surface area contributed by atoms with Crippen molar-refractivity contribution in [3.8, 4) is 11.8 Å². The van der Waals surface area contributed by atoms with Gasteiger partial charge in [-0.2, -0.15) is 9.97 Å². The Morgan fingerprint density at radius 2 is 1.83 bits per heavy atom. The summed E-state index contributed by atoms with van der Waals surface area (Å²) >= 11 is 0. The topological polar surface area (TPSA) is 70.3 Å². The fourth-order valence-corrected chi connectivity index (χ4v) is 2.12. The van der Waals surface area contributed by atoms with E-state index in [-0.39, 0.29) is 12.2 Å². The number of rotatable bonds is 4. The zero-order chi connectivity index (χ0) is 13.0. The van der Waals surface area contributed by atoms with Gasteiger partial charge in [-0.25, -0.2) is 0 Å². The predicted molar refractivity (Wildman–Crippen MR) is 69.7 cm³/mol. The maximum absolute atomic E-state index is 5.97. The fourth-order valence-electron chi connectivity index (χ4n) is 2.12. The maximum atomic E-state index is 5.97. The molecule has 0 aliphatic heterocycles. The third-order valence-electron chi connectivity index (χ3n) is 2.99. The number of nitrogens with zero attached hydrogens (tertiary/aromatic N) is 2. The minimum Gasteiger partial charge on any atom is -0.473 e. The highest BCUT2D eigenvalue weighted by Gasteiger charge is 2.19. The molecule has 0 unspecified atom stereocenters. The van der Waals surface area contributed by atoms with Crippen LogP contribution in [-0.4, -0.2) is 22.2 Å². The molecule has 18 heavy (non-hydrogen) atoms. The first kappa shape index (κ1) is 12.9. The quantitative estimate of drug-likeness (QED) is 0.890. The highest BCUT2D eigenvalue weighted by Crippen LogP contribution is 2.30. The molecule has 2 N–H and O–H groups in total. The van der Waals surface area contributed by atoms with Crippen molar-refractivity contribution in [1.29, 1.82) is 0 Å². The highest BCUT2D eigenvalue weighted by atomic mass is 16.5. The van der Waals surface area contributed by atoms with Crippen molar-refractivity contribution in [2.45, 2.75) is 58.2 Å². The molecule has 100 valence electrons. The number of ether oxygens (including phenoxy) is 2. The minimum atomic E-state index is 0.0322. The summed E-state index contributed by atoms with van der Waals surface area (Å²) in [6.45, 7) is 3.87. The summed E-state index contributed by atoms with van der Waals surface area (Å²) in [4.78, 5) is 8.14. The van der Waals surface area contributed by atoms with E-state index in [9.17, 15) is 0 Å². The molecule has 0 atom stereocenters. The smallest absolute Gasteiger partial charge is 0.244 e. The van der Waals surface area contributed by atoms with Crippen LogP contribution in [0, 0.1) is 0 Å². The summed E-state index contributed by atoms with van der Waals surface area (Å²) in [5.41, 5.74) is 6.37. The molecule has 1 aliphatic rings. The second kappa shape index (κ2) is 5.89. The van der Waals surface area contributed by atoms with Gasteiger partial charge < -0.3 is 15.2 Å². The molecule has 0 amide bonds. The largest absolute Gasteiger partial charge is 0.473 e. The molecule has 1 aromatic heterocycles. The Hall–Kier alpha value is -1.52. The van der Waals surface area contributed by atoms with E-state index in [1.54, 1.807) is 0 Å². The van der Waals surface area contributed by atoms with Crippen molar-refractivity contribution >= 4 is 5.69 Å². The lowest BCUT2D eigenvalue weighted by Crippen LogP contribution is -2.21. The summed E-state index contributed by atoms with van der Waals surface area (Å²) < 4.78 is 11.4. The lowest BCUT2D eigenvalue weighted by atomic mass is 9.98. The van der Waals surface area contributed by atoms with E-state index in [4.69, 9.17) is 15.2 Å². The third-order valence-corrected chi connectivity index (χ3v) is 2.99. The van der Waals surface area contributed by atoms with Crippen LogP contribution in [0.3, 0.4) is 0 Å². The first-order valence-electron chi connectivity index (χ1n) is 6.60. The fraction of sp³-hybridized carbons (Fsp3) is 0.692. The second-order valence-electron chi connectivity index (χ2n) is 4.94. The van der Waals surface area contributed by atoms with Crippen molar-refractivity contribution < 1.29 is 9.47 Å². The zero-order valence-electron chi connectivity index (χ0n) is 11.1. The van der Waals surface area contributed by atoms with E-state index in [2.05, 4.69) is 9.97 Å². The van der Waals surface area contributed by atoms with Gasteiger partial charge in [0.25, 0.3) is 0 Å². The lowest BCUT2D eigenvalue weighted by molar-refractivity contribution is 0.148. The number of hydrogen-bond donors (Lipinski definition) is 1. The van der Waals surface area contributed by atoms with E-state index < -0.39 is 0 Å². The number of nitrogens with two attached hydrogens (primary N) is 1. The Labute approximate surface area is 108 Å². The average molecular weight is 251 g/mol. The molecule has 2 rings (SSSR count). The van der Waals surface area contributed by atoms with Gasteiger partial charge in [0.05, 0.1) is 6.10 Å². The maximum Gasteiger partial charge on any atom is 0.244 e. The number of anilines is 1. The van der Waals surface area contributed by atoms with Gasteiger partial charge in [-0.1, -0.05) is 6.42 Å². The average Bonchev–Trinajstić information content (AvgIpc) is 2.35. The van der Waals surface area contributed by atoms with E-state index >= 15 is 0 Å². The highest BCUT2D eigenvalue weighted by molar-refractivity contribution is 5.55. The molecule has 1 saturated carbocycles. The molecule has 5 nitrogen and oxygen atoms in total. The molecule has 0 aromatic carbocycles. The molecule has 5 heteroatoms. The van der Waals surface area contributed by atoms with E-state index in [1.165, 1.54) is 25.6 Å². The minimum absolute atomic E-state index is 0.0322. The van der Waals surface area contributed by atoms with Crippen molar-refractivity contribution in [2.75, 3.05) is 5.73 Å². The van der Waals surface area contributed by atoms with Gasteiger partial charge in [0.1, 0.15) is 12.4 Å². The van der Waals surface area contributed by atoms with Crippen LogP contribution in [0.15, 0.2) is 6.33 Å². The molecule has 0 radical (unpaired) electrons. The Morgan fingerprint density at radius 1 is 1.17 bits per heavy atom. The molecule has 0 spiro atoms. The van der Waals surface area contributed by atoms with Crippen LogP contribution in [0.1, 0.15) is 46.0 Å². The van der Waals surface area contributed by atoms with Crippen molar-refractivity contribution in [3.05, 3.63) is 6.33 Å². The Bertz CT molecular complexity index is 390. The van der Waals surface area contributed by atoms with Crippen LogP contribution in [0.4, 0.5) is 5.69 Å². The van der Waals surface area contributed by atoms with Crippen LogP contribution in [-0.2, 0) is 0 Å². The Balaban J connectivity index is 2.07. The van der Waals surface area contributed by atoms with Gasteiger partial charge in [0.15, 0.2) is 5.69 Å². The first-order chi connectivity index (χ1) is 8.66. The van der Waals surface area contributed by atoms with Crippen molar-refractivity contribution in [1.82, 2.24) is 9.97 Å². The van der Waals surface area contributed by atoms with Gasteiger partial charge >= 0.3 is 0 Å². The summed E-state index contributed by atoms with van der Waals surface area (Å²) in [5.74, 6) is 0.860. The van der Waals surface area contributed by atoms with E-state index in [1.807, 2.05) is 13.8 Å². The summed E-state index contributed by atoms with van der Waals surface area (Å²) in [5, 5.41) is 0. The van der Waals surface area contributed by atoms with Gasteiger partial charge in [0, 0.05) is 0 Å². The van der Waals surface area contributed by atoms with Crippen molar-refractivity contribution in [2.24, 2.45) is 0 Å². The molecule has 1 aromatic rings. The zero-order valence-corrected chi connectivity index (χ0v) is 11.1. The Kier molecular flexibility index (Phi) is 4.23. The first-order valence-corrected chi connectivity index (χ1v) is 6.60. The third kappa shape index (κ3) is 3.24. The van der Waals surface area contributed by atoms with Gasteiger partial charge in [-0.05, 0) is 39.5 Å². The second-order valence-corrected chi connectivity index (χ2v) is 4.94. The predicted octanol–water partition coefficient (Wildman–Crippen LogP) is 2.56. The molecule has 1 fully saturated rings. The summed E-state index contributed by atoms with van der Waals surface area (Å²) in [6, 6.07) is 0. The molecule has 1 heterocycles. The van der Waals surface area contributed by atoms with E-state index in [0.717, 1.165) is 12.8 Å². The molecular weight excluding hydrogens is 230 g/mol. The van der Waals surface area contributed by atoms with Crippen LogP contribution in [0.5, 0.6) is 11.8 Å². The van der Waals surface area contributed by atoms with Gasteiger partial charge in [0.2, 0.25) is 11.8 Å². The summed E-state index contributed by atoms with van der Waals surface area (Å²) in [6.07, 6.45) is 7.56. The lowest BCUT2D eigenvalue weighted by Gasteiger charge is -2.23. The van der Waals surface area contributed by atoms with Crippen LogP contribution >= 0.6 is 0 Å². The van der Waals surface area contributed by atoms with Gasteiger partial charge in [-0.15, -0.1) is 0 Å². The molecule has 0 saturated heterocycles. The van der Waals surface area contributed by atoms with Crippen LogP contribution in [0.25, 0.3) is 0 Å². The van der Waals surface area contributed by atoms with Crippen LogP contribution < -0.4 is 15.2 Å². The SMILES string of the molecule is CC(C)Oc1ncnc(OC2CCCCC2)c1N. The Morgan fingerprint density at radius 3 is 2.50 bits per heavy atom. The molecule has 0 bridgehead atoms. The number of hydrogen-bond acceptors (Lipinski definition) is 5. The molecular formula is C13H21N3O2. The number of nitrogen functional groups attached to an aromatic ring is 1. The van der Waals surface area contributed by atoms with Crippen molar-refractivity contribution in [3.63, 3.8) is 0 Å². The molecule has 1 aliphatic carbocycles. The summed E-state index contributed by atoms with van der Waals surface area (Å²) in [7, 11) is 0.